The van der Waals surface area contributed by atoms with Crippen LogP contribution in [-0.4, -0.2) is 6.10 Å². The molecule has 2 aromatic rings. The maximum absolute atomic E-state index is 13.8. The van der Waals surface area contributed by atoms with Crippen LogP contribution in [0.4, 0.5) is 13.2 Å². The first-order chi connectivity index (χ1) is 10.2. The molecule has 4 heteroatoms. The van der Waals surface area contributed by atoms with Gasteiger partial charge in [0.2, 0.25) is 0 Å². The minimum absolute atomic E-state index is 0.0352. The van der Waals surface area contributed by atoms with Crippen molar-refractivity contribution in [2.45, 2.75) is 39.4 Å². The lowest BCUT2D eigenvalue weighted by molar-refractivity contribution is -0.0600. The summed E-state index contributed by atoms with van der Waals surface area (Å²) in [5, 5.41) is 0. The molecule has 0 unspecified atom stereocenters. The van der Waals surface area contributed by atoms with Crippen molar-refractivity contribution in [3.63, 3.8) is 0 Å². The molecule has 22 heavy (non-hydrogen) atoms. The molecule has 0 spiro atoms. The third-order valence-corrected chi connectivity index (χ3v) is 3.43. The summed E-state index contributed by atoms with van der Waals surface area (Å²) in [5.41, 5.74) is 0.959. The van der Waals surface area contributed by atoms with Gasteiger partial charge in [-0.2, -0.15) is 0 Å². The van der Waals surface area contributed by atoms with Gasteiger partial charge in [0.25, 0.3) is 0 Å². The summed E-state index contributed by atoms with van der Waals surface area (Å²) in [6.07, 6.45) is 0.0679. The summed E-state index contributed by atoms with van der Waals surface area (Å²) in [5.74, 6) is -3.04. The molecule has 0 aromatic heterocycles. The van der Waals surface area contributed by atoms with Crippen LogP contribution >= 0.6 is 0 Å². The first-order valence-electron chi connectivity index (χ1n) is 7.14. The Morgan fingerprint density at radius 3 is 1.95 bits per heavy atom. The average Bonchev–Trinajstić information content (AvgIpc) is 2.42. The summed E-state index contributed by atoms with van der Waals surface area (Å²) < 4.78 is 45.9. The Hall–Kier alpha value is -1.81. The summed E-state index contributed by atoms with van der Waals surface area (Å²) >= 11 is 0. The van der Waals surface area contributed by atoms with Gasteiger partial charge in [0, 0.05) is 11.6 Å². The van der Waals surface area contributed by atoms with Crippen LogP contribution in [0.2, 0.25) is 0 Å². The fraction of sp³-hybridized carbons (Fsp3) is 0.333. The van der Waals surface area contributed by atoms with Crippen LogP contribution in [0.25, 0.3) is 11.1 Å². The lowest BCUT2D eigenvalue weighted by atomic mass is 9.95. The van der Waals surface area contributed by atoms with Crippen LogP contribution in [0.3, 0.4) is 0 Å². The average molecular weight is 308 g/mol. The fourth-order valence-electron chi connectivity index (χ4n) is 2.45. The van der Waals surface area contributed by atoms with E-state index in [4.69, 9.17) is 4.74 Å². The normalized spacial score (nSPS) is 12.0. The highest BCUT2D eigenvalue weighted by molar-refractivity contribution is 5.64. The Bertz CT molecular complexity index is 661. The molecule has 0 atom stereocenters. The number of halogens is 3. The van der Waals surface area contributed by atoms with Crippen LogP contribution in [0.5, 0.6) is 0 Å². The van der Waals surface area contributed by atoms with Crippen molar-refractivity contribution in [2.75, 3.05) is 0 Å². The maximum atomic E-state index is 13.8. The molecule has 0 aliphatic carbocycles. The predicted molar refractivity (Wildman–Crippen MR) is 81.0 cm³/mol. The van der Waals surface area contributed by atoms with Gasteiger partial charge in [-0.05, 0) is 44.9 Å². The second-order valence-corrected chi connectivity index (χ2v) is 6.00. The minimum Gasteiger partial charge on any atom is -0.368 e. The van der Waals surface area contributed by atoms with Gasteiger partial charge in [-0.3, -0.25) is 0 Å². The third kappa shape index (κ3) is 3.50. The van der Waals surface area contributed by atoms with Crippen molar-refractivity contribution in [2.24, 2.45) is 0 Å². The van der Waals surface area contributed by atoms with Crippen LogP contribution < -0.4 is 0 Å². The molecule has 0 heterocycles. The second kappa shape index (κ2) is 6.13. The zero-order valence-electron chi connectivity index (χ0n) is 13.1. The molecule has 0 radical (unpaired) electrons. The Morgan fingerprint density at radius 1 is 0.864 bits per heavy atom. The van der Waals surface area contributed by atoms with Crippen LogP contribution in [0.1, 0.15) is 33.3 Å². The van der Waals surface area contributed by atoms with E-state index in [2.05, 4.69) is 0 Å². The lowest BCUT2D eigenvalue weighted by Gasteiger charge is -2.28. The monoisotopic (exact) mass is 308 g/mol. The highest BCUT2D eigenvalue weighted by Gasteiger charge is 2.22. The largest absolute Gasteiger partial charge is 0.368 e. The van der Waals surface area contributed by atoms with Gasteiger partial charge in [0.15, 0.2) is 11.6 Å². The van der Waals surface area contributed by atoms with Crippen LogP contribution in [0, 0.1) is 17.5 Å². The van der Waals surface area contributed by atoms with Crippen molar-refractivity contribution in [1.29, 1.82) is 0 Å². The van der Waals surface area contributed by atoms with Crippen LogP contribution in [-0.2, 0) is 10.3 Å². The topological polar surface area (TPSA) is 9.23 Å². The first-order valence-corrected chi connectivity index (χ1v) is 7.14. The Morgan fingerprint density at radius 2 is 1.41 bits per heavy atom. The molecule has 0 aliphatic rings. The maximum Gasteiger partial charge on any atom is 0.161 e. The molecule has 0 amide bonds. The molecule has 118 valence electrons. The third-order valence-electron chi connectivity index (χ3n) is 3.43. The van der Waals surface area contributed by atoms with E-state index >= 15 is 0 Å². The SMILES string of the molecule is CC(C)OC(C)(C)c1ccc(-c2cc(F)c(F)cc2F)cc1. The predicted octanol–water partition coefficient (Wildman–Crippen LogP) is 5.43. The smallest absolute Gasteiger partial charge is 0.161 e. The number of benzene rings is 2. The van der Waals surface area contributed by atoms with E-state index in [0.717, 1.165) is 11.6 Å². The molecular formula is C18H19F3O. The van der Waals surface area contributed by atoms with Gasteiger partial charge in [-0.1, -0.05) is 24.3 Å². The van der Waals surface area contributed by atoms with Crippen molar-refractivity contribution < 1.29 is 17.9 Å². The Balaban J connectivity index is 2.35. The summed E-state index contributed by atoms with van der Waals surface area (Å²) in [7, 11) is 0. The zero-order valence-corrected chi connectivity index (χ0v) is 13.1. The van der Waals surface area contributed by atoms with E-state index in [1.807, 2.05) is 27.7 Å². The van der Waals surface area contributed by atoms with Crippen molar-refractivity contribution >= 4 is 0 Å². The molecule has 0 aliphatic heterocycles. The zero-order chi connectivity index (χ0) is 16.5. The van der Waals surface area contributed by atoms with Gasteiger partial charge in [0.05, 0.1) is 11.7 Å². The standard InChI is InChI=1S/C18H19F3O/c1-11(2)22-18(3,4)13-7-5-12(6-8-13)14-9-16(20)17(21)10-15(14)19/h5-11H,1-4H3. The molecule has 0 saturated carbocycles. The molecule has 0 N–H and O–H groups in total. The van der Waals surface area contributed by atoms with E-state index in [-0.39, 0.29) is 11.7 Å². The fourth-order valence-corrected chi connectivity index (χ4v) is 2.45. The van der Waals surface area contributed by atoms with Crippen molar-refractivity contribution in [1.82, 2.24) is 0 Å². The van der Waals surface area contributed by atoms with E-state index in [9.17, 15) is 13.2 Å². The van der Waals surface area contributed by atoms with E-state index in [0.29, 0.717) is 11.6 Å². The molecule has 0 fully saturated rings. The van der Waals surface area contributed by atoms with Crippen molar-refractivity contribution in [3.05, 3.63) is 59.4 Å². The molecular weight excluding hydrogens is 289 g/mol. The number of rotatable bonds is 4. The quantitative estimate of drug-likeness (QED) is 0.684. The lowest BCUT2D eigenvalue weighted by Crippen LogP contribution is -2.25. The highest BCUT2D eigenvalue weighted by Crippen LogP contribution is 2.30. The van der Waals surface area contributed by atoms with Gasteiger partial charge in [0.1, 0.15) is 5.82 Å². The van der Waals surface area contributed by atoms with E-state index < -0.39 is 23.1 Å². The Kier molecular flexibility index (Phi) is 4.61. The van der Waals surface area contributed by atoms with Gasteiger partial charge >= 0.3 is 0 Å². The summed E-state index contributed by atoms with van der Waals surface area (Å²) in [6, 6.07) is 8.39. The minimum atomic E-state index is -1.19. The molecule has 1 nitrogen and oxygen atoms in total. The van der Waals surface area contributed by atoms with Crippen LogP contribution in [0.15, 0.2) is 36.4 Å². The molecule has 2 rings (SSSR count). The van der Waals surface area contributed by atoms with Crippen molar-refractivity contribution in [3.8, 4) is 11.1 Å². The number of hydrogen-bond acceptors (Lipinski definition) is 1. The highest BCUT2D eigenvalue weighted by atomic mass is 19.2. The Labute approximate surface area is 128 Å². The second-order valence-electron chi connectivity index (χ2n) is 6.00. The van der Waals surface area contributed by atoms with E-state index in [1.54, 1.807) is 24.3 Å². The summed E-state index contributed by atoms with van der Waals surface area (Å²) in [4.78, 5) is 0. The number of hydrogen-bond donors (Lipinski definition) is 0. The molecule has 0 saturated heterocycles. The molecule has 2 aromatic carbocycles. The number of ether oxygens (including phenoxy) is 1. The van der Waals surface area contributed by atoms with Gasteiger partial charge < -0.3 is 4.74 Å². The summed E-state index contributed by atoms with van der Waals surface area (Å²) in [6.45, 7) is 7.79. The first kappa shape index (κ1) is 16.6. The van der Waals surface area contributed by atoms with E-state index in [1.165, 1.54) is 0 Å². The van der Waals surface area contributed by atoms with Gasteiger partial charge in [-0.25, -0.2) is 13.2 Å². The molecule has 0 bridgehead atoms. The van der Waals surface area contributed by atoms with Gasteiger partial charge in [-0.15, -0.1) is 0 Å².